The minimum Gasteiger partial charge on any atom is -0.459 e. The molecule has 1 aromatic rings. The lowest BCUT2D eigenvalue weighted by Crippen LogP contribution is -2.46. The average Bonchev–Trinajstić information content (AvgIpc) is 2.35. The molecule has 1 unspecified atom stereocenters. The van der Waals surface area contributed by atoms with Crippen LogP contribution in [0.3, 0.4) is 0 Å². The van der Waals surface area contributed by atoms with Crippen LogP contribution in [0.1, 0.15) is 37.9 Å². The molecule has 2 atom stereocenters. The van der Waals surface area contributed by atoms with Crippen LogP contribution in [-0.2, 0) is 16.0 Å². The zero-order valence-electron chi connectivity index (χ0n) is 11.6. The molecule has 0 fully saturated rings. The van der Waals surface area contributed by atoms with E-state index in [1.165, 1.54) is 0 Å². The van der Waals surface area contributed by atoms with Gasteiger partial charge in [-0.05, 0) is 38.3 Å². The van der Waals surface area contributed by atoms with Crippen LogP contribution in [0.25, 0.3) is 0 Å². The van der Waals surface area contributed by atoms with E-state index in [-0.39, 0.29) is 18.6 Å². The van der Waals surface area contributed by atoms with Crippen LogP contribution in [0.2, 0.25) is 0 Å². The number of nitrogens with one attached hydrogen (secondary N) is 1. The number of benzene rings is 1. The van der Waals surface area contributed by atoms with Gasteiger partial charge >= 0.3 is 5.97 Å². The summed E-state index contributed by atoms with van der Waals surface area (Å²) >= 11 is 0. The van der Waals surface area contributed by atoms with E-state index in [1.807, 2.05) is 45.0 Å². The molecule has 2 rings (SSSR count). The molecule has 0 spiro atoms. The van der Waals surface area contributed by atoms with Crippen molar-refractivity contribution in [3.8, 4) is 0 Å². The lowest BCUT2D eigenvalue weighted by Gasteiger charge is -2.32. The minimum absolute atomic E-state index is 0.00757. The van der Waals surface area contributed by atoms with Crippen LogP contribution in [0.15, 0.2) is 24.3 Å². The molecular weight excluding hydrogens is 242 g/mol. The van der Waals surface area contributed by atoms with Gasteiger partial charge in [-0.15, -0.1) is 0 Å². The molecule has 1 heterocycles. The van der Waals surface area contributed by atoms with Crippen molar-refractivity contribution in [2.24, 2.45) is 0 Å². The first-order valence-corrected chi connectivity index (χ1v) is 6.58. The highest BCUT2D eigenvalue weighted by Gasteiger charge is 2.33. The molecule has 2 N–H and O–H groups in total. The van der Waals surface area contributed by atoms with Crippen LogP contribution in [0.4, 0.5) is 0 Å². The summed E-state index contributed by atoms with van der Waals surface area (Å²) in [5.41, 5.74) is 1.53. The quantitative estimate of drug-likeness (QED) is 0.795. The Kier molecular flexibility index (Phi) is 3.92. The molecule has 4 nitrogen and oxygen atoms in total. The van der Waals surface area contributed by atoms with E-state index in [0.717, 1.165) is 17.5 Å². The molecular formula is C15H21NO3. The van der Waals surface area contributed by atoms with Crippen LogP contribution in [-0.4, -0.2) is 29.3 Å². The minimum atomic E-state index is -0.514. The topological polar surface area (TPSA) is 58.6 Å². The van der Waals surface area contributed by atoms with Crippen molar-refractivity contribution < 1.29 is 14.6 Å². The van der Waals surface area contributed by atoms with E-state index in [4.69, 9.17) is 4.74 Å². The first-order valence-electron chi connectivity index (χ1n) is 6.58. The zero-order chi connectivity index (χ0) is 14.0. The smallest absolute Gasteiger partial charge is 0.328 e. The van der Waals surface area contributed by atoms with Crippen molar-refractivity contribution in [3.63, 3.8) is 0 Å². The van der Waals surface area contributed by atoms with E-state index in [1.54, 1.807) is 0 Å². The number of fused-ring (bicyclic) bond motifs is 1. The van der Waals surface area contributed by atoms with E-state index >= 15 is 0 Å². The molecule has 0 aliphatic carbocycles. The van der Waals surface area contributed by atoms with Gasteiger partial charge in [0, 0.05) is 6.04 Å². The van der Waals surface area contributed by atoms with Crippen molar-refractivity contribution >= 4 is 5.97 Å². The third kappa shape index (κ3) is 3.33. The second kappa shape index (κ2) is 5.31. The summed E-state index contributed by atoms with van der Waals surface area (Å²) in [5, 5.41) is 12.5. The lowest BCUT2D eigenvalue weighted by molar-refractivity contribution is -0.158. The summed E-state index contributed by atoms with van der Waals surface area (Å²) in [5.74, 6) is -0.293. The summed E-state index contributed by atoms with van der Waals surface area (Å²) in [4.78, 5) is 12.3. The second-order valence-corrected chi connectivity index (χ2v) is 5.92. The van der Waals surface area contributed by atoms with Crippen LogP contribution < -0.4 is 5.32 Å². The number of carbonyl (C=O) groups excluding carboxylic acids is 1. The SMILES string of the molecule is CC(C)(C)OC(=O)[C@H]1NC(CO)Cc2ccccc21. The van der Waals surface area contributed by atoms with E-state index in [9.17, 15) is 9.90 Å². The largest absolute Gasteiger partial charge is 0.459 e. The normalized spacial score (nSPS) is 22.7. The van der Waals surface area contributed by atoms with Crippen molar-refractivity contribution in [3.05, 3.63) is 35.4 Å². The number of hydrogen-bond acceptors (Lipinski definition) is 4. The summed E-state index contributed by atoms with van der Waals surface area (Å²) in [6.45, 7) is 5.56. The summed E-state index contributed by atoms with van der Waals surface area (Å²) in [7, 11) is 0. The van der Waals surface area contributed by atoms with Crippen LogP contribution in [0, 0.1) is 0 Å². The molecule has 104 valence electrons. The Bertz CT molecular complexity index is 465. The first kappa shape index (κ1) is 14.0. The summed E-state index contributed by atoms with van der Waals surface area (Å²) in [6.07, 6.45) is 0.728. The Morgan fingerprint density at radius 1 is 1.42 bits per heavy atom. The van der Waals surface area contributed by atoms with E-state index in [0.29, 0.717) is 0 Å². The van der Waals surface area contributed by atoms with Crippen molar-refractivity contribution in [1.29, 1.82) is 0 Å². The highest BCUT2D eigenvalue weighted by Crippen LogP contribution is 2.27. The van der Waals surface area contributed by atoms with Gasteiger partial charge < -0.3 is 9.84 Å². The Balaban J connectivity index is 2.27. The highest BCUT2D eigenvalue weighted by atomic mass is 16.6. The number of ether oxygens (including phenoxy) is 1. The molecule has 0 bridgehead atoms. The maximum atomic E-state index is 12.3. The van der Waals surface area contributed by atoms with Gasteiger partial charge in [0.15, 0.2) is 0 Å². The average molecular weight is 263 g/mol. The highest BCUT2D eigenvalue weighted by molar-refractivity contribution is 5.79. The van der Waals surface area contributed by atoms with Gasteiger partial charge in [0.05, 0.1) is 6.61 Å². The van der Waals surface area contributed by atoms with Gasteiger partial charge in [0.1, 0.15) is 11.6 Å². The van der Waals surface area contributed by atoms with Gasteiger partial charge in [-0.2, -0.15) is 0 Å². The fraction of sp³-hybridized carbons (Fsp3) is 0.533. The third-order valence-electron chi connectivity index (χ3n) is 3.10. The number of aliphatic hydroxyl groups excluding tert-OH is 1. The van der Waals surface area contributed by atoms with Crippen LogP contribution in [0.5, 0.6) is 0 Å². The Morgan fingerprint density at radius 2 is 2.11 bits per heavy atom. The number of esters is 1. The monoisotopic (exact) mass is 263 g/mol. The molecule has 0 radical (unpaired) electrons. The molecule has 0 saturated carbocycles. The van der Waals surface area contributed by atoms with Crippen LogP contribution >= 0.6 is 0 Å². The Morgan fingerprint density at radius 3 is 2.74 bits per heavy atom. The molecule has 4 heteroatoms. The lowest BCUT2D eigenvalue weighted by atomic mass is 9.90. The Hall–Kier alpha value is -1.39. The predicted molar refractivity (Wildman–Crippen MR) is 72.7 cm³/mol. The number of aliphatic hydroxyl groups is 1. The van der Waals surface area contributed by atoms with Crippen molar-refractivity contribution in [2.45, 2.75) is 44.9 Å². The van der Waals surface area contributed by atoms with E-state index < -0.39 is 11.6 Å². The number of carbonyl (C=O) groups is 1. The molecule has 0 saturated heterocycles. The fourth-order valence-electron chi connectivity index (χ4n) is 2.32. The summed E-state index contributed by atoms with van der Waals surface area (Å²) in [6, 6.07) is 7.19. The summed E-state index contributed by atoms with van der Waals surface area (Å²) < 4.78 is 5.44. The first-order chi connectivity index (χ1) is 8.90. The fourth-order valence-corrected chi connectivity index (χ4v) is 2.32. The molecule has 0 amide bonds. The maximum Gasteiger partial charge on any atom is 0.328 e. The maximum absolute atomic E-state index is 12.3. The number of hydrogen-bond donors (Lipinski definition) is 2. The van der Waals surface area contributed by atoms with Gasteiger partial charge in [0.2, 0.25) is 0 Å². The van der Waals surface area contributed by atoms with Gasteiger partial charge in [-0.1, -0.05) is 24.3 Å². The van der Waals surface area contributed by atoms with Gasteiger partial charge in [-0.3, -0.25) is 5.32 Å². The van der Waals surface area contributed by atoms with Gasteiger partial charge in [0.25, 0.3) is 0 Å². The Labute approximate surface area is 113 Å². The standard InChI is InChI=1S/C15H21NO3/c1-15(2,3)19-14(18)13-12-7-5-4-6-10(12)8-11(9-17)16-13/h4-7,11,13,16-17H,8-9H2,1-3H3/t11?,13-/m0/s1. The third-order valence-corrected chi connectivity index (χ3v) is 3.10. The van der Waals surface area contributed by atoms with Crippen molar-refractivity contribution in [2.75, 3.05) is 6.61 Å². The second-order valence-electron chi connectivity index (χ2n) is 5.92. The molecule has 0 aromatic heterocycles. The van der Waals surface area contributed by atoms with Crippen molar-refractivity contribution in [1.82, 2.24) is 5.32 Å². The molecule has 1 aliphatic rings. The molecule has 1 aromatic carbocycles. The predicted octanol–water partition coefficient (Wildman–Crippen LogP) is 1.58. The number of rotatable bonds is 2. The van der Waals surface area contributed by atoms with E-state index in [2.05, 4.69) is 5.32 Å². The molecule has 1 aliphatic heterocycles. The van der Waals surface area contributed by atoms with Gasteiger partial charge in [-0.25, -0.2) is 4.79 Å². The molecule has 19 heavy (non-hydrogen) atoms. The zero-order valence-corrected chi connectivity index (χ0v) is 11.6.